The summed E-state index contributed by atoms with van der Waals surface area (Å²) < 4.78 is 6.04. The van der Waals surface area contributed by atoms with Crippen LogP contribution in [0.15, 0.2) is 12.1 Å². The SMILES string of the molecule is CC(C)CCc1cc(C23CNC(CO2)C3)cc(Cl)c1Cl. The van der Waals surface area contributed by atoms with Gasteiger partial charge in [-0.25, -0.2) is 0 Å². The normalized spacial score (nSPS) is 28.6. The summed E-state index contributed by atoms with van der Waals surface area (Å²) in [4.78, 5) is 0. The summed E-state index contributed by atoms with van der Waals surface area (Å²) in [6, 6.07) is 4.67. The zero-order valence-electron chi connectivity index (χ0n) is 12.0. The van der Waals surface area contributed by atoms with Crippen LogP contribution in [0.3, 0.4) is 0 Å². The van der Waals surface area contributed by atoms with Crippen LogP contribution >= 0.6 is 23.2 Å². The molecule has 2 aliphatic heterocycles. The van der Waals surface area contributed by atoms with Gasteiger partial charge in [-0.05, 0) is 42.4 Å². The number of fused-ring (bicyclic) bond motifs is 2. The van der Waals surface area contributed by atoms with E-state index in [-0.39, 0.29) is 5.60 Å². The zero-order chi connectivity index (χ0) is 14.3. The smallest absolute Gasteiger partial charge is 0.107 e. The van der Waals surface area contributed by atoms with Gasteiger partial charge in [-0.1, -0.05) is 43.1 Å². The van der Waals surface area contributed by atoms with Crippen LogP contribution in [0.25, 0.3) is 0 Å². The largest absolute Gasteiger partial charge is 0.367 e. The molecular weight excluding hydrogens is 293 g/mol. The summed E-state index contributed by atoms with van der Waals surface area (Å²) in [5.41, 5.74) is 2.14. The lowest BCUT2D eigenvalue weighted by atomic mass is 9.90. The average molecular weight is 314 g/mol. The fourth-order valence-corrected chi connectivity index (χ4v) is 3.62. The predicted octanol–water partition coefficient (Wildman–Crippen LogP) is 4.17. The highest BCUT2D eigenvalue weighted by atomic mass is 35.5. The second kappa shape index (κ2) is 5.49. The Balaban J connectivity index is 1.92. The van der Waals surface area contributed by atoms with Crippen molar-refractivity contribution in [3.05, 3.63) is 33.3 Å². The molecule has 110 valence electrons. The van der Waals surface area contributed by atoms with Gasteiger partial charge >= 0.3 is 0 Å². The number of benzene rings is 1. The second-order valence-electron chi connectivity index (χ2n) is 6.45. The minimum atomic E-state index is -0.189. The lowest BCUT2D eigenvalue weighted by Crippen LogP contribution is -2.37. The molecule has 1 aromatic rings. The Bertz CT molecular complexity index is 507. The molecule has 3 rings (SSSR count). The molecule has 2 fully saturated rings. The average Bonchev–Trinajstić information content (AvgIpc) is 3.01. The number of ether oxygens (including phenoxy) is 1. The molecule has 2 unspecified atom stereocenters. The van der Waals surface area contributed by atoms with Crippen LogP contribution in [0.5, 0.6) is 0 Å². The molecule has 20 heavy (non-hydrogen) atoms. The van der Waals surface area contributed by atoms with E-state index in [1.54, 1.807) is 0 Å². The van der Waals surface area contributed by atoms with E-state index in [0.29, 0.717) is 22.0 Å². The Hall–Kier alpha value is -0.280. The minimum absolute atomic E-state index is 0.189. The number of rotatable bonds is 4. The summed E-state index contributed by atoms with van der Waals surface area (Å²) in [6.07, 6.45) is 3.12. The van der Waals surface area contributed by atoms with Gasteiger partial charge in [0.15, 0.2) is 0 Å². The minimum Gasteiger partial charge on any atom is -0.367 e. The molecule has 1 aromatic carbocycles. The monoisotopic (exact) mass is 313 g/mol. The molecular formula is C16H21Cl2NO. The molecule has 2 aliphatic rings. The van der Waals surface area contributed by atoms with Crippen LogP contribution < -0.4 is 5.32 Å². The van der Waals surface area contributed by atoms with Crippen molar-refractivity contribution < 1.29 is 4.74 Å². The fraction of sp³-hybridized carbons (Fsp3) is 0.625. The van der Waals surface area contributed by atoms with Gasteiger partial charge in [0.2, 0.25) is 0 Å². The summed E-state index contributed by atoms with van der Waals surface area (Å²) in [5, 5.41) is 4.85. The first-order valence-electron chi connectivity index (χ1n) is 7.36. The number of hydrogen-bond acceptors (Lipinski definition) is 2. The highest BCUT2D eigenvalue weighted by Crippen LogP contribution is 2.43. The first-order chi connectivity index (χ1) is 9.50. The van der Waals surface area contributed by atoms with Crippen molar-refractivity contribution in [2.24, 2.45) is 5.92 Å². The van der Waals surface area contributed by atoms with Gasteiger partial charge in [0.1, 0.15) is 5.60 Å². The fourth-order valence-electron chi connectivity index (χ4n) is 3.18. The quantitative estimate of drug-likeness (QED) is 0.900. The van der Waals surface area contributed by atoms with Crippen molar-refractivity contribution in [3.8, 4) is 0 Å². The van der Waals surface area contributed by atoms with E-state index < -0.39 is 0 Å². The third kappa shape index (κ3) is 2.59. The lowest BCUT2D eigenvalue weighted by molar-refractivity contribution is -0.00962. The van der Waals surface area contributed by atoms with Crippen LogP contribution in [-0.2, 0) is 16.8 Å². The number of halogens is 2. The summed E-state index contributed by atoms with van der Waals surface area (Å²) in [6.45, 7) is 6.12. The predicted molar refractivity (Wildman–Crippen MR) is 83.7 cm³/mol. The molecule has 2 bridgehead atoms. The molecule has 0 aromatic heterocycles. The number of nitrogens with one attached hydrogen (secondary N) is 1. The third-order valence-electron chi connectivity index (χ3n) is 4.43. The number of hydrogen-bond donors (Lipinski definition) is 1. The second-order valence-corrected chi connectivity index (χ2v) is 7.24. The maximum atomic E-state index is 6.37. The number of morpholine rings is 1. The molecule has 2 nitrogen and oxygen atoms in total. The van der Waals surface area contributed by atoms with Gasteiger partial charge in [0.25, 0.3) is 0 Å². The van der Waals surface area contributed by atoms with Crippen molar-refractivity contribution >= 4 is 23.2 Å². The van der Waals surface area contributed by atoms with E-state index in [0.717, 1.165) is 38.0 Å². The molecule has 0 aliphatic carbocycles. The van der Waals surface area contributed by atoms with E-state index in [1.807, 2.05) is 6.07 Å². The van der Waals surface area contributed by atoms with E-state index in [9.17, 15) is 0 Å². The Morgan fingerprint density at radius 3 is 2.75 bits per heavy atom. The molecule has 2 heterocycles. The van der Waals surface area contributed by atoms with E-state index in [1.165, 1.54) is 5.56 Å². The molecule has 4 heteroatoms. The van der Waals surface area contributed by atoms with Crippen molar-refractivity contribution in [1.82, 2.24) is 5.32 Å². The van der Waals surface area contributed by atoms with Gasteiger partial charge in [-0.3, -0.25) is 0 Å². The van der Waals surface area contributed by atoms with Crippen molar-refractivity contribution in [3.63, 3.8) is 0 Å². The molecule has 0 saturated carbocycles. The standard InChI is InChI=1S/C16H21Cl2NO/c1-10(2)3-4-11-5-12(6-14(17)15(11)18)16-7-13(8-20-16)19-9-16/h5-6,10,13,19H,3-4,7-9H2,1-2H3. The summed E-state index contributed by atoms with van der Waals surface area (Å²) in [5.74, 6) is 0.659. The van der Waals surface area contributed by atoms with E-state index in [4.69, 9.17) is 27.9 Å². The van der Waals surface area contributed by atoms with Gasteiger partial charge in [0, 0.05) is 12.6 Å². The van der Waals surface area contributed by atoms with Crippen molar-refractivity contribution in [1.29, 1.82) is 0 Å². The Morgan fingerprint density at radius 2 is 2.20 bits per heavy atom. The molecule has 0 spiro atoms. The van der Waals surface area contributed by atoms with Gasteiger partial charge in [0.05, 0.1) is 16.7 Å². The topological polar surface area (TPSA) is 21.3 Å². The van der Waals surface area contributed by atoms with Gasteiger partial charge in [-0.2, -0.15) is 0 Å². The third-order valence-corrected chi connectivity index (χ3v) is 5.28. The summed E-state index contributed by atoms with van der Waals surface area (Å²) in [7, 11) is 0. The number of aryl methyl sites for hydroxylation is 1. The Kier molecular flexibility index (Phi) is 4.02. The first-order valence-corrected chi connectivity index (χ1v) is 8.11. The highest BCUT2D eigenvalue weighted by Gasteiger charge is 2.47. The van der Waals surface area contributed by atoms with Crippen LogP contribution in [0.2, 0.25) is 10.0 Å². The van der Waals surface area contributed by atoms with E-state index in [2.05, 4.69) is 25.2 Å². The summed E-state index contributed by atoms with van der Waals surface area (Å²) >= 11 is 12.7. The maximum absolute atomic E-state index is 6.37. The zero-order valence-corrected chi connectivity index (χ0v) is 13.5. The van der Waals surface area contributed by atoms with Crippen LogP contribution in [0.4, 0.5) is 0 Å². The van der Waals surface area contributed by atoms with E-state index >= 15 is 0 Å². The molecule has 0 amide bonds. The molecule has 2 saturated heterocycles. The first kappa shape index (κ1) is 14.6. The van der Waals surface area contributed by atoms with Gasteiger partial charge in [-0.15, -0.1) is 0 Å². The van der Waals surface area contributed by atoms with Crippen molar-refractivity contribution in [2.45, 2.75) is 44.8 Å². The maximum Gasteiger partial charge on any atom is 0.107 e. The molecule has 1 N–H and O–H groups in total. The van der Waals surface area contributed by atoms with Crippen LogP contribution in [0.1, 0.15) is 37.8 Å². The van der Waals surface area contributed by atoms with Crippen LogP contribution in [0, 0.1) is 5.92 Å². The molecule has 0 radical (unpaired) electrons. The lowest BCUT2D eigenvalue weighted by Gasteiger charge is -2.28. The Labute approximate surface area is 130 Å². The highest BCUT2D eigenvalue weighted by molar-refractivity contribution is 6.42. The van der Waals surface area contributed by atoms with Crippen LogP contribution in [-0.4, -0.2) is 19.2 Å². The van der Waals surface area contributed by atoms with Crippen molar-refractivity contribution in [2.75, 3.05) is 13.2 Å². The molecule has 2 atom stereocenters. The van der Waals surface area contributed by atoms with Gasteiger partial charge < -0.3 is 10.1 Å². The Morgan fingerprint density at radius 1 is 1.40 bits per heavy atom.